The van der Waals surface area contributed by atoms with E-state index in [9.17, 15) is 4.79 Å². The van der Waals surface area contributed by atoms with E-state index in [0.717, 1.165) is 16.8 Å². The molecule has 1 fully saturated rings. The van der Waals surface area contributed by atoms with Crippen LogP contribution >= 0.6 is 0 Å². The summed E-state index contributed by atoms with van der Waals surface area (Å²) in [6.45, 7) is 12.4. The van der Waals surface area contributed by atoms with Crippen molar-refractivity contribution in [2.24, 2.45) is 7.05 Å². The van der Waals surface area contributed by atoms with Crippen LogP contribution in [0.15, 0.2) is 30.6 Å². The number of carbonyl (C=O) groups excluding carboxylic acids is 1. The van der Waals surface area contributed by atoms with Crippen molar-refractivity contribution in [2.45, 2.75) is 59.1 Å². The number of anilines is 2. The van der Waals surface area contributed by atoms with Crippen LogP contribution in [-0.2, 0) is 39.7 Å². The largest absolute Gasteiger partial charge is 0.455 e. The molecule has 0 unspecified atom stereocenters. The lowest BCUT2D eigenvalue weighted by molar-refractivity contribution is -0.116. The number of nitrogens with zero attached hydrogens (tertiary/aromatic N) is 6. The Hall–Kier alpha value is -3.83. The smallest absolute Gasteiger partial charge is 0.210 e. The zero-order valence-corrected chi connectivity index (χ0v) is 23.3. The predicted octanol–water partition coefficient (Wildman–Crippen LogP) is 4.25. The summed E-state index contributed by atoms with van der Waals surface area (Å²) in [5.74, 6) is 2.56. The Morgan fingerprint density at radius 1 is 1.23 bits per heavy atom. The molecule has 1 atom stereocenters. The van der Waals surface area contributed by atoms with Crippen molar-refractivity contribution < 1.29 is 19.0 Å². The van der Waals surface area contributed by atoms with Crippen LogP contribution < -0.4 is 10.1 Å². The molecule has 4 aromatic heterocycles. The number of fused-ring (bicyclic) bond motifs is 1. The molecule has 5 heterocycles. The van der Waals surface area contributed by atoms with E-state index in [0.29, 0.717) is 61.0 Å². The predicted molar refractivity (Wildman–Crippen MR) is 147 cm³/mol. The van der Waals surface area contributed by atoms with E-state index in [1.165, 1.54) is 0 Å². The van der Waals surface area contributed by atoms with Crippen molar-refractivity contribution in [1.82, 2.24) is 29.3 Å². The van der Waals surface area contributed by atoms with Gasteiger partial charge in [0.25, 0.3) is 0 Å². The zero-order chi connectivity index (χ0) is 27.7. The third kappa shape index (κ3) is 5.94. The third-order valence-corrected chi connectivity index (χ3v) is 6.60. The minimum atomic E-state index is -0.115. The topological polar surface area (TPSA) is 118 Å². The molecular formula is C28H35N7O4. The highest BCUT2D eigenvalue weighted by molar-refractivity contribution is 5.81. The number of aryl methyl sites for hydroxylation is 2. The summed E-state index contributed by atoms with van der Waals surface area (Å²) < 4.78 is 21.5. The van der Waals surface area contributed by atoms with Crippen molar-refractivity contribution in [2.75, 3.05) is 25.1 Å². The van der Waals surface area contributed by atoms with Gasteiger partial charge in [-0.25, -0.2) is 4.98 Å². The first-order valence-corrected chi connectivity index (χ1v) is 13.1. The lowest BCUT2D eigenvalue weighted by Crippen LogP contribution is -2.34. The molecule has 0 spiro atoms. The Bertz CT molecular complexity index is 1500. The van der Waals surface area contributed by atoms with Gasteiger partial charge in [-0.3, -0.25) is 14.5 Å². The number of nitrogens with one attached hydrogen (secondary N) is 1. The van der Waals surface area contributed by atoms with Crippen LogP contribution in [0.25, 0.3) is 11.2 Å². The normalized spacial score (nSPS) is 16.0. The molecule has 5 rings (SSSR count). The molecule has 0 radical (unpaired) electrons. The van der Waals surface area contributed by atoms with Crippen LogP contribution in [0.5, 0.6) is 11.5 Å². The molecule has 1 N–H and O–H groups in total. The lowest BCUT2D eigenvalue weighted by atomic mass is 9.92. The number of aromatic nitrogens is 6. The average Bonchev–Trinajstić information content (AvgIpc) is 3.42. The number of pyridine rings is 2. The summed E-state index contributed by atoms with van der Waals surface area (Å²) >= 11 is 0. The van der Waals surface area contributed by atoms with E-state index in [1.807, 2.05) is 23.2 Å². The summed E-state index contributed by atoms with van der Waals surface area (Å²) in [4.78, 5) is 25.0. The maximum absolute atomic E-state index is 11.5. The van der Waals surface area contributed by atoms with Gasteiger partial charge in [0.1, 0.15) is 17.6 Å². The Morgan fingerprint density at radius 3 is 2.77 bits per heavy atom. The minimum Gasteiger partial charge on any atom is -0.455 e. The molecule has 1 saturated heterocycles. The number of rotatable bonds is 8. The fourth-order valence-electron chi connectivity index (χ4n) is 4.71. The molecule has 1 aliphatic heterocycles. The minimum absolute atomic E-state index is 0.0347. The van der Waals surface area contributed by atoms with Gasteiger partial charge in [-0.2, -0.15) is 10.1 Å². The first kappa shape index (κ1) is 26.8. The van der Waals surface area contributed by atoms with Crippen molar-refractivity contribution >= 4 is 28.7 Å². The maximum atomic E-state index is 11.5. The first-order chi connectivity index (χ1) is 18.6. The second-order valence-electron chi connectivity index (χ2n) is 10.9. The van der Waals surface area contributed by atoms with E-state index in [-0.39, 0.29) is 23.7 Å². The molecule has 1 aliphatic rings. The van der Waals surface area contributed by atoms with E-state index >= 15 is 0 Å². The second-order valence-corrected chi connectivity index (χ2v) is 10.9. The van der Waals surface area contributed by atoms with Gasteiger partial charge < -0.3 is 24.1 Å². The van der Waals surface area contributed by atoms with E-state index in [2.05, 4.69) is 42.1 Å². The summed E-state index contributed by atoms with van der Waals surface area (Å²) in [6.07, 6.45) is 3.53. The quantitative estimate of drug-likeness (QED) is 0.355. The number of hydrogen-bond donors (Lipinski definition) is 1. The van der Waals surface area contributed by atoms with Crippen molar-refractivity contribution in [3.05, 3.63) is 47.5 Å². The van der Waals surface area contributed by atoms with Gasteiger partial charge >= 0.3 is 0 Å². The molecule has 0 saturated carbocycles. The number of hydrogen-bond acceptors (Lipinski definition) is 9. The highest BCUT2D eigenvalue weighted by Crippen LogP contribution is 2.32. The van der Waals surface area contributed by atoms with E-state index in [1.54, 1.807) is 31.5 Å². The third-order valence-electron chi connectivity index (χ3n) is 6.60. The van der Waals surface area contributed by atoms with Gasteiger partial charge in [-0.1, -0.05) is 20.8 Å². The number of imidazole rings is 1. The van der Waals surface area contributed by atoms with Crippen molar-refractivity contribution in [3.63, 3.8) is 0 Å². The van der Waals surface area contributed by atoms with E-state index < -0.39 is 0 Å². The Morgan fingerprint density at radius 2 is 2.05 bits per heavy atom. The van der Waals surface area contributed by atoms with Crippen molar-refractivity contribution in [1.29, 1.82) is 0 Å². The summed E-state index contributed by atoms with van der Waals surface area (Å²) in [5.41, 5.74) is 3.97. The van der Waals surface area contributed by atoms with Crippen LogP contribution in [0, 0.1) is 6.92 Å². The van der Waals surface area contributed by atoms with Gasteiger partial charge in [0.15, 0.2) is 17.2 Å². The Balaban J connectivity index is 1.41. The van der Waals surface area contributed by atoms with Crippen molar-refractivity contribution in [3.8, 4) is 11.5 Å². The molecule has 0 amide bonds. The fourth-order valence-corrected chi connectivity index (χ4v) is 4.71. The van der Waals surface area contributed by atoms with Gasteiger partial charge in [0.2, 0.25) is 5.95 Å². The average molecular weight is 534 g/mol. The highest BCUT2D eigenvalue weighted by atomic mass is 16.6. The lowest BCUT2D eigenvalue weighted by Gasteiger charge is -2.26. The SMILES string of the molecule is CC(=O)Cc1cc(Oc2cnc3nc(Nc4cc(C(C)(C)C)n(C[C@@H]5COCCO5)n4)n(C)c3c2C)ccn1. The molecule has 11 nitrogen and oxygen atoms in total. The Labute approximate surface area is 227 Å². The molecule has 0 aromatic carbocycles. The second kappa shape index (κ2) is 10.7. The molecule has 39 heavy (non-hydrogen) atoms. The molecular weight excluding hydrogens is 498 g/mol. The van der Waals surface area contributed by atoms with Gasteiger partial charge in [0.05, 0.1) is 43.8 Å². The fraction of sp³-hybridized carbons (Fsp3) is 0.464. The van der Waals surface area contributed by atoms with Crippen LogP contribution in [0.4, 0.5) is 11.8 Å². The maximum Gasteiger partial charge on any atom is 0.210 e. The molecule has 0 aliphatic carbocycles. The number of carbonyl (C=O) groups is 1. The highest BCUT2D eigenvalue weighted by Gasteiger charge is 2.25. The van der Waals surface area contributed by atoms with Crippen LogP contribution in [0.3, 0.4) is 0 Å². The summed E-state index contributed by atoms with van der Waals surface area (Å²) in [6, 6.07) is 5.59. The molecule has 11 heteroatoms. The summed E-state index contributed by atoms with van der Waals surface area (Å²) in [7, 11) is 1.93. The molecule has 0 bridgehead atoms. The number of Topliss-reactive ketones (excluding diaryl/α,β-unsaturated/α-hetero) is 1. The van der Waals surface area contributed by atoms with E-state index in [4.69, 9.17) is 24.3 Å². The van der Waals surface area contributed by atoms with Crippen LogP contribution in [0.2, 0.25) is 0 Å². The number of ether oxygens (including phenoxy) is 3. The van der Waals surface area contributed by atoms with Gasteiger partial charge in [0, 0.05) is 48.5 Å². The van der Waals surface area contributed by atoms with Crippen LogP contribution in [0.1, 0.15) is 44.6 Å². The molecule has 4 aromatic rings. The standard InChI is InChI=1S/C28H35N7O4/c1-17(36)11-19-12-20(7-8-29-19)39-22-14-30-26-25(18(22)2)34(6)27(32-26)31-24-13-23(28(3,4)5)35(33-24)15-21-16-37-9-10-38-21/h7-8,12-14,21H,9-11,15-16H2,1-6H3,(H,30,31,32,33)/t21-/m1/s1. The zero-order valence-electron chi connectivity index (χ0n) is 23.3. The first-order valence-electron chi connectivity index (χ1n) is 13.1. The summed E-state index contributed by atoms with van der Waals surface area (Å²) in [5, 5.41) is 8.22. The Kier molecular flexibility index (Phi) is 7.37. The number of ketones is 1. The van der Waals surface area contributed by atoms with Crippen LogP contribution in [-0.4, -0.2) is 61.0 Å². The monoisotopic (exact) mass is 533 g/mol. The van der Waals surface area contributed by atoms with Gasteiger partial charge in [-0.05, 0) is 19.9 Å². The van der Waals surface area contributed by atoms with Gasteiger partial charge in [-0.15, -0.1) is 0 Å². The molecule has 206 valence electrons.